The summed E-state index contributed by atoms with van der Waals surface area (Å²) in [6.07, 6.45) is 2.80. The monoisotopic (exact) mass is 302 g/mol. The Labute approximate surface area is 111 Å². The minimum absolute atomic E-state index is 0.651. The summed E-state index contributed by atoms with van der Waals surface area (Å²) in [6, 6.07) is 2.05. The number of ether oxygens (including phenoxy) is 2. The van der Waals surface area contributed by atoms with Gasteiger partial charge in [0.2, 0.25) is 0 Å². The fraction of sp³-hybridized carbons (Fsp3) is 0.583. The van der Waals surface area contributed by atoms with Crippen molar-refractivity contribution < 1.29 is 9.47 Å². The number of hydrogen-bond acceptors (Lipinski definition) is 4. The van der Waals surface area contributed by atoms with Gasteiger partial charge in [0.25, 0.3) is 0 Å². The fourth-order valence-electron chi connectivity index (χ4n) is 1.29. The van der Waals surface area contributed by atoms with Crippen molar-refractivity contribution in [2.75, 3.05) is 38.8 Å². The molecule has 0 aromatic carbocycles. The van der Waals surface area contributed by atoms with Crippen molar-refractivity contribution in [1.29, 1.82) is 0 Å². The number of pyridine rings is 1. The van der Waals surface area contributed by atoms with E-state index in [1.807, 2.05) is 19.2 Å². The summed E-state index contributed by atoms with van der Waals surface area (Å²) >= 11 is 3.48. The topological polar surface area (TPSA) is 43.4 Å². The van der Waals surface area contributed by atoms with Crippen LogP contribution < -0.4 is 5.32 Å². The van der Waals surface area contributed by atoms with Crippen molar-refractivity contribution in [3.8, 4) is 0 Å². The molecule has 1 N–H and O–H groups in total. The molecule has 0 aliphatic rings. The Bertz CT molecular complexity index is 334. The van der Waals surface area contributed by atoms with Gasteiger partial charge in [-0.3, -0.25) is 0 Å². The summed E-state index contributed by atoms with van der Waals surface area (Å²) < 4.78 is 11.2. The van der Waals surface area contributed by atoms with E-state index in [1.54, 1.807) is 7.11 Å². The van der Waals surface area contributed by atoms with Crippen LogP contribution in [0.4, 0.5) is 5.82 Å². The third kappa shape index (κ3) is 6.00. The maximum absolute atomic E-state index is 5.36. The minimum atomic E-state index is 0.651. The molecule has 5 heteroatoms. The Morgan fingerprint density at radius 1 is 1.35 bits per heavy atom. The highest BCUT2D eigenvalue weighted by molar-refractivity contribution is 9.10. The first kappa shape index (κ1) is 14.4. The lowest BCUT2D eigenvalue weighted by Crippen LogP contribution is -2.09. The quantitative estimate of drug-likeness (QED) is 0.750. The summed E-state index contributed by atoms with van der Waals surface area (Å²) in [5, 5.41) is 3.26. The minimum Gasteiger partial charge on any atom is -0.382 e. The largest absolute Gasteiger partial charge is 0.382 e. The smallest absolute Gasteiger partial charge is 0.140 e. The molecule has 0 atom stereocenters. The second kappa shape index (κ2) is 8.44. The number of anilines is 1. The van der Waals surface area contributed by atoms with Crippen LogP contribution in [-0.4, -0.2) is 38.5 Å². The van der Waals surface area contributed by atoms with Crippen molar-refractivity contribution in [3.05, 3.63) is 22.3 Å². The van der Waals surface area contributed by atoms with Gasteiger partial charge in [0.15, 0.2) is 0 Å². The van der Waals surface area contributed by atoms with Crippen LogP contribution in [0.5, 0.6) is 0 Å². The number of aryl methyl sites for hydroxylation is 1. The summed E-state index contributed by atoms with van der Waals surface area (Å²) in [7, 11) is 1.67. The number of hydrogen-bond donors (Lipinski definition) is 1. The van der Waals surface area contributed by atoms with E-state index in [0.717, 1.165) is 35.4 Å². The van der Waals surface area contributed by atoms with Crippen LogP contribution in [0.25, 0.3) is 0 Å². The molecule has 0 spiro atoms. The first-order valence-electron chi connectivity index (χ1n) is 5.66. The van der Waals surface area contributed by atoms with Gasteiger partial charge in [-0.05, 0) is 40.9 Å². The molecule has 0 radical (unpaired) electrons. The van der Waals surface area contributed by atoms with E-state index in [4.69, 9.17) is 9.47 Å². The summed E-state index contributed by atoms with van der Waals surface area (Å²) in [5.41, 5.74) is 1.14. The molecule has 0 amide bonds. The predicted molar refractivity (Wildman–Crippen MR) is 72.5 cm³/mol. The highest BCUT2D eigenvalue weighted by Gasteiger charge is 2.00. The first-order valence-corrected chi connectivity index (χ1v) is 6.46. The van der Waals surface area contributed by atoms with Crippen LogP contribution in [-0.2, 0) is 9.47 Å². The number of aromatic nitrogens is 1. The Kier molecular flexibility index (Phi) is 7.16. The van der Waals surface area contributed by atoms with E-state index in [2.05, 4.69) is 26.2 Å². The maximum atomic E-state index is 5.36. The maximum Gasteiger partial charge on any atom is 0.140 e. The molecule has 0 unspecified atom stereocenters. The average Bonchev–Trinajstić information content (AvgIpc) is 2.30. The molecule has 4 nitrogen and oxygen atoms in total. The fourth-order valence-corrected chi connectivity index (χ4v) is 1.89. The van der Waals surface area contributed by atoms with Crippen molar-refractivity contribution in [2.24, 2.45) is 0 Å². The van der Waals surface area contributed by atoms with Crippen LogP contribution in [0, 0.1) is 6.92 Å². The second-order valence-electron chi connectivity index (χ2n) is 3.73. The molecule has 0 bridgehead atoms. The molecule has 0 saturated carbocycles. The van der Waals surface area contributed by atoms with Crippen molar-refractivity contribution in [3.63, 3.8) is 0 Å². The molecule has 1 aromatic heterocycles. The first-order chi connectivity index (χ1) is 8.24. The Hall–Kier alpha value is -0.650. The third-order valence-corrected chi connectivity index (χ3v) is 2.77. The number of rotatable bonds is 8. The molecule has 0 aliphatic carbocycles. The van der Waals surface area contributed by atoms with Gasteiger partial charge < -0.3 is 14.8 Å². The predicted octanol–water partition coefficient (Wildman–Crippen LogP) is 2.62. The van der Waals surface area contributed by atoms with Crippen molar-refractivity contribution in [2.45, 2.75) is 13.3 Å². The van der Waals surface area contributed by atoms with Crippen molar-refractivity contribution in [1.82, 2.24) is 4.98 Å². The van der Waals surface area contributed by atoms with Gasteiger partial charge >= 0.3 is 0 Å². The van der Waals surface area contributed by atoms with Gasteiger partial charge in [0, 0.05) is 26.5 Å². The zero-order valence-electron chi connectivity index (χ0n) is 10.3. The zero-order chi connectivity index (χ0) is 12.5. The molecular formula is C12H19BrN2O2. The van der Waals surface area contributed by atoms with E-state index in [0.29, 0.717) is 13.2 Å². The molecule has 1 rings (SSSR count). The van der Waals surface area contributed by atoms with Gasteiger partial charge in [-0.25, -0.2) is 4.98 Å². The molecule has 96 valence electrons. The lowest BCUT2D eigenvalue weighted by molar-refractivity contribution is 0.0705. The molecule has 1 aromatic rings. The second-order valence-corrected chi connectivity index (χ2v) is 4.58. The highest BCUT2D eigenvalue weighted by atomic mass is 79.9. The molecular weight excluding hydrogens is 284 g/mol. The van der Waals surface area contributed by atoms with Gasteiger partial charge in [0.05, 0.1) is 17.7 Å². The Balaban J connectivity index is 2.14. The number of nitrogens with zero attached hydrogens (tertiary/aromatic N) is 1. The number of nitrogens with one attached hydrogen (secondary N) is 1. The summed E-state index contributed by atoms with van der Waals surface area (Å²) in [5.74, 6) is 0.882. The molecule has 0 aliphatic heterocycles. The normalized spacial score (nSPS) is 10.5. The van der Waals surface area contributed by atoms with E-state index < -0.39 is 0 Å². The third-order valence-electron chi connectivity index (χ3n) is 2.17. The standard InChI is InChI=1S/C12H19BrN2O2/c1-10-8-11(13)12(15-9-10)14-4-3-5-17-7-6-16-2/h8-9H,3-7H2,1-2H3,(H,14,15). The Morgan fingerprint density at radius 2 is 2.18 bits per heavy atom. The molecule has 1 heterocycles. The lowest BCUT2D eigenvalue weighted by Gasteiger charge is -2.08. The Morgan fingerprint density at radius 3 is 2.88 bits per heavy atom. The van der Waals surface area contributed by atoms with Crippen LogP contribution in [0.3, 0.4) is 0 Å². The van der Waals surface area contributed by atoms with Crippen LogP contribution in [0.2, 0.25) is 0 Å². The summed E-state index contributed by atoms with van der Waals surface area (Å²) in [4.78, 5) is 4.31. The van der Waals surface area contributed by atoms with Crippen LogP contribution in [0.1, 0.15) is 12.0 Å². The van der Waals surface area contributed by atoms with E-state index in [9.17, 15) is 0 Å². The van der Waals surface area contributed by atoms with Crippen LogP contribution >= 0.6 is 15.9 Å². The average molecular weight is 303 g/mol. The molecule has 0 saturated heterocycles. The summed E-state index contributed by atoms with van der Waals surface area (Å²) in [6.45, 7) is 4.91. The van der Waals surface area contributed by atoms with Gasteiger partial charge in [-0.15, -0.1) is 0 Å². The molecule has 0 fully saturated rings. The number of halogens is 1. The zero-order valence-corrected chi connectivity index (χ0v) is 11.9. The van der Waals surface area contributed by atoms with E-state index in [-0.39, 0.29) is 0 Å². The van der Waals surface area contributed by atoms with Gasteiger partial charge in [-0.2, -0.15) is 0 Å². The van der Waals surface area contributed by atoms with Crippen LogP contribution in [0.15, 0.2) is 16.7 Å². The van der Waals surface area contributed by atoms with E-state index >= 15 is 0 Å². The number of methoxy groups -OCH3 is 1. The molecule has 17 heavy (non-hydrogen) atoms. The van der Waals surface area contributed by atoms with Gasteiger partial charge in [0.1, 0.15) is 5.82 Å². The SMILES string of the molecule is COCCOCCCNc1ncc(C)cc1Br. The highest BCUT2D eigenvalue weighted by Crippen LogP contribution is 2.20. The van der Waals surface area contributed by atoms with Crippen molar-refractivity contribution >= 4 is 21.7 Å². The lowest BCUT2D eigenvalue weighted by atomic mass is 10.3. The van der Waals surface area contributed by atoms with E-state index in [1.165, 1.54) is 0 Å². The van der Waals surface area contributed by atoms with Gasteiger partial charge in [-0.1, -0.05) is 0 Å².